The molecule has 2 nitrogen and oxygen atoms in total. The van der Waals surface area contributed by atoms with Crippen LogP contribution in [0.3, 0.4) is 0 Å². The van der Waals surface area contributed by atoms with Crippen molar-refractivity contribution in [2.45, 2.75) is 69.6 Å². The molecular weight excluding hydrogens is 517 g/mol. The van der Waals surface area contributed by atoms with E-state index in [2.05, 4.69) is 5.32 Å². The highest BCUT2D eigenvalue weighted by molar-refractivity contribution is 6.69. The molecule has 2 aromatic rings. The average molecular weight is 544 g/mol. The van der Waals surface area contributed by atoms with Crippen molar-refractivity contribution in [2.24, 2.45) is 0 Å². The minimum Gasteiger partial charge on any atom is -0.403 e. The largest absolute Gasteiger partial charge is 0.416 e. The summed E-state index contributed by atoms with van der Waals surface area (Å²) in [6, 6.07) is 3.23. The topological polar surface area (TPSA) is 21.3 Å². The fourth-order valence-electron chi connectivity index (χ4n) is 4.60. The van der Waals surface area contributed by atoms with Crippen LogP contribution in [0.5, 0.6) is 0 Å². The van der Waals surface area contributed by atoms with Gasteiger partial charge < -0.3 is 9.74 Å². The van der Waals surface area contributed by atoms with Gasteiger partial charge in [0.25, 0.3) is 0 Å². The third-order valence-corrected chi connectivity index (χ3v) is 6.80. The van der Waals surface area contributed by atoms with Crippen LogP contribution in [0.25, 0.3) is 0 Å². The van der Waals surface area contributed by atoms with Gasteiger partial charge in [-0.2, -0.15) is 39.5 Å². The van der Waals surface area contributed by atoms with Crippen LogP contribution in [-0.4, -0.2) is 20.9 Å². The van der Waals surface area contributed by atoms with E-state index in [1.165, 1.54) is 13.0 Å². The third kappa shape index (κ3) is 6.08. The van der Waals surface area contributed by atoms with Crippen LogP contribution in [0.1, 0.15) is 46.2 Å². The summed E-state index contributed by atoms with van der Waals surface area (Å²) in [7, 11) is -2.82. The van der Waals surface area contributed by atoms with Crippen molar-refractivity contribution in [3.05, 3.63) is 69.8 Å². The highest BCUT2D eigenvalue weighted by Crippen LogP contribution is 2.47. The van der Waals surface area contributed by atoms with Crippen molar-refractivity contribution in [3.63, 3.8) is 0 Å². The van der Waals surface area contributed by atoms with Crippen LogP contribution in [0, 0.1) is 6.92 Å². The van der Waals surface area contributed by atoms with Crippen molar-refractivity contribution in [2.75, 3.05) is 6.54 Å². The summed E-state index contributed by atoms with van der Waals surface area (Å²) in [4.78, 5) is 0. The molecule has 1 N–H and O–H groups in total. The Bertz CT molecular complexity index is 1060. The molecule has 0 bridgehead atoms. The molecule has 12 heteroatoms. The van der Waals surface area contributed by atoms with Crippen LogP contribution >= 0.6 is 0 Å². The van der Waals surface area contributed by atoms with Crippen LogP contribution in [0.2, 0.25) is 19.6 Å². The number of nitrogens with one attached hydrogen (secondary N) is 1. The zero-order valence-electron chi connectivity index (χ0n) is 20.0. The number of alkyl halides is 9. The summed E-state index contributed by atoms with van der Waals surface area (Å²) in [5, 5.41) is 3.06. The van der Waals surface area contributed by atoms with Crippen molar-refractivity contribution in [1.82, 2.24) is 5.32 Å². The summed E-state index contributed by atoms with van der Waals surface area (Å²) in [6.45, 7) is 6.79. The van der Waals surface area contributed by atoms with Gasteiger partial charge in [0.2, 0.25) is 0 Å². The quantitative estimate of drug-likeness (QED) is 0.306. The van der Waals surface area contributed by atoms with Crippen molar-refractivity contribution in [1.29, 1.82) is 0 Å². The van der Waals surface area contributed by atoms with Crippen molar-refractivity contribution in [3.8, 4) is 0 Å². The number of hydrogen-bond acceptors (Lipinski definition) is 2. The summed E-state index contributed by atoms with van der Waals surface area (Å²) in [6.07, 6.45) is -14.3. The summed E-state index contributed by atoms with van der Waals surface area (Å²) in [5.74, 6) is 0. The van der Waals surface area contributed by atoms with Gasteiger partial charge in [-0.15, -0.1) is 0 Å². The van der Waals surface area contributed by atoms with E-state index in [0.717, 1.165) is 12.1 Å². The van der Waals surface area contributed by atoms with Gasteiger partial charge in [0, 0.05) is 6.04 Å². The Morgan fingerprint density at radius 2 is 1.08 bits per heavy atom. The minimum absolute atomic E-state index is 0.00222. The lowest BCUT2D eigenvalue weighted by Crippen LogP contribution is -2.53. The first kappa shape index (κ1) is 28.5. The molecule has 2 atom stereocenters. The first-order valence-corrected chi connectivity index (χ1v) is 14.6. The molecule has 1 aliphatic rings. The first-order valence-electron chi connectivity index (χ1n) is 11.2. The van der Waals surface area contributed by atoms with Crippen LogP contribution in [0.4, 0.5) is 39.5 Å². The van der Waals surface area contributed by atoms with E-state index in [4.69, 9.17) is 4.43 Å². The molecule has 1 aliphatic heterocycles. The fourth-order valence-corrected chi connectivity index (χ4v) is 5.95. The maximum Gasteiger partial charge on any atom is 0.416 e. The lowest BCUT2D eigenvalue weighted by Gasteiger charge is -2.45. The molecule has 36 heavy (non-hydrogen) atoms. The molecular formula is C24H26F9NOSi. The van der Waals surface area contributed by atoms with Gasteiger partial charge in [-0.05, 0) is 87.4 Å². The van der Waals surface area contributed by atoms with Crippen molar-refractivity contribution < 1.29 is 43.9 Å². The average Bonchev–Trinajstić information content (AvgIpc) is 3.23. The smallest absolute Gasteiger partial charge is 0.403 e. The number of halogens is 9. The number of benzene rings is 2. The second-order valence-electron chi connectivity index (χ2n) is 9.98. The molecule has 0 aliphatic carbocycles. The predicted octanol–water partition coefficient (Wildman–Crippen LogP) is 7.90. The van der Waals surface area contributed by atoms with Gasteiger partial charge in [-0.1, -0.05) is 11.6 Å². The number of rotatable bonds is 5. The Balaban J connectivity index is 2.49. The molecule has 1 heterocycles. The first-order chi connectivity index (χ1) is 16.2. The summed E-state index contributed by atoms with van der Waals surface area (Å²) >= 11 is 0. The van der Waals surface area contributed by atoms with Gasteiger partial charge in [0.15, 0.2) is 8.32 Å². The van der Waals surface area contributed by atoms with E-state index in [-0.39, 0.29) is 23.6 Å². The zero-order chi connectivity index (χ0) is 27.3. The van der Waals surface area contributed by atoms with Gasteiger partial charge in [0.05, 0.1) is 16.7 Å². The van der Waals surface area contributed by atoms with Crippen molar-refractivity contribution >= 4 is 8.32 Å². The molecule has 0 radical (unpaired) electrons. The van der Waals surface area contributed by atoms with Gasteiger partial charge in [-0.3, -0.25) is 0 Å². The normalized spacial score (nSPS) is 19.4. The van der Waals surface area contributed by atoms with Crippen LogP contribution < -0.4 is 5.32 Å². The molecule has 3 rings (SSSR count). The van der Waals surface area contributed by atoms with E-state index in [1.807, 2.05) is 0 Å². The second-order valence-corrected chi connectivity index (χ2v) is 14.4. The molecule has 1 saturated heterocycles. The maximum atomic E-state index is 13.8. The summed E-state index contributed by atoms with van der Waals surface area (Å²) in [5.41, 5.74) is -6.72. The van der Waals surface area contributed by atoms with E-state index in [0.29, 0.717) is 25.1 Å². The Labute approximate surface area is 204 Å². The van der Waals surface area contributed by atoms with E-state index >= 15 is 0 Å². The molecule has 0 spiro atoms. The summed E-state index contributed by atoms with van der Waals surface area (Å²) < 4.78 is 130. The van der Waals surface area contributed by atoms with E-state index in [1.54, 1.807) is 19.6 Å². The van der Waals surface area contributed by atoms with Gasteiger partial charge in [0.1, 0.15) is 5.60 Å². The van der Waals surface area contributed by atoms with Gasteiger partial charge in [-0.25, -0.2) is 0 Å². The lowest BCUT2D eigenvalue weighted by molar-refractivity contribution is -0.143. The van der Waals surface area contributed by atoms with Gasteiger partial charge >= 0.3 is 18.5 Å². The van der Waals surface area contributed by atoms with E-state index < -0.39 is 60.7 Å². The molecule has 200 valence electrons. The minimum atomic E-state index is -5.13. The fraction of sp³-hybridized carbons (Fsp3) is 0.500. The SMILES string of the molecule is Cc1cc(C(F)(F)F)cc(C(O[Si](C)(C)C)(c2cc(C(F)(F)F)cc(C(F)(F)F)c2)C2CCCN2)c1. The van der Waals surface area contributed by atoms with E-state index in [9.17, 15) is 39.5 Å². The standard InChI is InChI=1S/C24H26F9NOSi/c1-14-8-15(10-17(9-14)22(25,26)27)21(35-36(2,3)4,20-6-5-7-34-20)16-11-18(23(28,29)30)13-19(12-16)24(31,32)33/h8-13,20,34H,5-7H2,1-4H3. The van der Waals surface area contributed by atoms with Crippen LogP contribution in [-0.2, 0) is 28.6 Å². The molecule has 0 saturated carbocycles. The number of hydrogen-bond donors (Lipinski definition) is 1. The zero-order valence-corrected chi connectivity index (χ0v) is 21.0. The highest BCUT2D eigenvalue weighted by atomic mass is 28.4. The monoisotopic (exact) mass is 543 g/mol. The Morgan fingerprint density at radius 1 is 0.694 bits per heavy atom. The Morgan fingerprint density at radius 3 is 1.47 bits per heavy atom. The molecule has 2 aromatic carbocycles. The maximum absolute atomic E-state index is 13.8. The van der Waals surface area contributed by atoms with Crippen LogP contribution in [0.15, 0.2) is 36.4 Å². The predicted molar refractivity (Wildman–Crippen MR) is 119 cm³/mol. The lowest BCUT2D eigenvalue weighted by atomic mass is 9.77. The Hall–Kier alpha value is -2.05. The highest BCUT2D eigenvalue weighted by Gasteiger charge is 2.50. The molecule has 0 aromatic heterocycles. The molecule has 1 fully saturated rings. The number of aryl methyl sites for hydroxylation is 1. The molecule has 0 amide bonds. The second kappa shape index (κ2) is 9.36. The molecule has 2 unspecified atom stereocenters. The third-order valence-electron chi connectivity index (χ3n) is 5.87. The Kier molecular flexibility index (Phi) is 7.41.